The van der Waals surface area contributed by atoms with Crippen molar-refractivity contribution in [1.29, 1.82) is 0 Å². The van der Waals surface area contributed by atoms with E-state index in [-0.39, 0.29) is 0 Å². The van der Waals surface area contributed by atoms with Gasteiger partial charge in [-0.05, 0) is 80.5 Å². The fraction of sp³-hybridized carbons (Fsp3) is 0.276. The van der Waals surface area contributed by atoms with Crippen molar-refractivity contribution in [3.05, 3.63) is 81.3 Å². The summed E-state index contributed by atoms with van der Waals surface area (Å²) in [6.07, 6.45) is 5.82. The SMILES string of the molecule is CCC(=C\c1sc2c3ccccc3ccc2[n+]1CC)/C=C1/Sc2cc(C)c(C)cc2N1CC. The van der Waals surface area contributed by atoms with Gasteiger partial charge in [0.2, 0.25) is 5.52 Å². The van der Waals surface area contributed by atoms with Gasteiger partial charge < -0.3 is 4.90 Å². The third-order valence-corrected chi connectivity index (χ3v) is 8.90. The second-order valence-electron chi connectivity index (χ2n) is 8.63. The number of rotatable bonds is 5. The number of hydrogen-bond donors (Lipinski definition) is 0. The topological polar surface area (TPSA) is 7.12 Å². The Hall–Kier alpha value is -2.56. The molecule has 0 N–H and O–H groups in total. The van der Waals surface area contributed by atoms with E-state index in [4.69, 9.17) is 0 Å². The van der Waals surface area contributed by atoms with Crippen molar-refractivity contribution < 1.29 is 4.57 Å². The van der Waals surface area contributed by atoms with E-state index in [9.17, 15) is 0 Å². The number of anilines is 1. The van der Waals surface area contributed by atoms with Crippen LogP contribution in [0.3, 0.4) is 0 Å². The molecule has 1 aliphatic rings. The lowest BCUT2D eigenvalue weighted by Crippen LogP contribution is -2.33. The molecule has 4 aromatic rings. The van der Waals surface area contributed by atoms with E-state index < -0.39 is 0 Å². The predicted molar refractivity (Wildman–Crippen MR) is 146 cm³/mol. The molecule has 0 bridgehead atoms. The number of thiazole rings is 1. The Morgan fingerprint density at radius 1 is 1.00 bits per heavy atom. The molecule has 1 aromatic heterocycles. The van der Waals surface area contributed by atoms with Gasteiger partial charge >= 0.3 is 0 Å². The third-order valence-electron chi connectivity index (χ3n) is 6.63. The highest BCUT2D eigenvalue weighted by molar-refractivity contribution is 8.03. The van der Waals surface area contributed by atoms with Gasteiger partial charge in [0.25, 0.3) is 5.01 Å². The quantitative estimate of drug-likeness (QED) is 0.271. The number of hydrogen-bond acceptors (Lipinski definition) is 3. The van der Waals surface area contributed by atoms with E-state index in [0.29, 0.717) is 0 Å². The number of allylic oxidation sites excluding steroid dienone is 2. The highest BCUT2D eigenvalue weighted by Crippen LogP contribution is 2.47. The lowest BCUT2D eigenvalue weighted by Gasteiger charge is -2.19. The van der Waals surface area contributed by atoms with Gasteiger partial charge in [-0.15, -0.1) is 0 Å². The minimum atomic E-state index is 0.970. The minimum absolute atomic E-state index is 0.970. The van der Waals surface area contributed by atoms with Gasteiger partial charge in [0.15, 0.2) is 0 Å². The van der Waals surface area contributed by atoms with E-state index in [0.717, 1.165) is 19.5 Å². The Morgan fingerprint density at radius 2 is 1.79 bits per heavy atom. The third kappa shape index (κ3) is 3.89. The van der Waals surface area contributed by atoms with Gasteiger partial charge in [-0.3, -0.25) is 0 Å². The van der Waals surface area contributed by atoms with Gasteiger partial charge in [0.05, 0.1) is 10.7 Å². The molecule has 168 valence electrons. The second kappa shape index (κ2) is 9.00. The first-order valence-electron chi connectivity index (χ1n) is 11.9. The molecule has 0 radical (unpaired) electrons. The molecule has 4 heteroatoms. The maximum atomic E-state index is 2.46. The first-order valence-corrected chi connectivity index (χ1v) is 13.5. The Bertz CT molecular complexity index is 1420. The van der Waals surface area contributed by atoms with Crippen LogP contribution < -0.4 is 9.47 Å². The summed E-state index contributed by atoms with van der Waals surface area (Å²) in [7, 11) is 0. The van der Waals surface area contributed by atoms with Crippen LogP contribution in [0.2, 0.25) is 0 Å². The zero-order valence-electron chi connectivity index (χ0n) is 20.1. The summed E-state index contributed by atoms with van der Waals surface area (Å²) in [6.45, 7) is 13.1. The van der Waals surface area contributed by atoms with Gasteiger partial charge in [0, 0.05) is 29.0 Å². The summed E-state index contributed by atoms with van der Waals surface area (Å²) in [5, 5.41) is 5.32. The largest absolute Gasteiger partial charge is 0.335 e. The van der Waals surface area contributed by atoms with E-state index >= 15 is 0 Å². The molecular formula is C29H31N2S2+. The molecular weight excluding hydrogens is 440 g/mol. The average Bonchev–Trinajstić information content (AvgIpc) is 3.35. The first kappa shape index (κ1) is 22.2. The van der Waals surface area contributed by atoms with Crippen molar-refractivity contribution in [2.75, 3.05) is 11.4 Å². The highest BCUT2D eigenvalue weighted by Gasteiger charge is 2.25. The summed E-state index contributed by atoms with van der Waals surface area (Å²) < 4.78 is 3.84. The van der Waals surface area contributed by atoms with Gasteiger partial charge in [0.1, 0.15) is 11.2 Å². The van der Waals surface area contributed by atoms with E-state index in [2.05, 4.69) is 105 Å². The van der Waals surface area contributed by atoms with Crippen LogP contribution in [-0.2, 0) is 6.54 Å². The molecule has 2 nitrogen and oxygen atoms in total. The lowest BCUT2D eigenvalue weighted by molar-refractivity contribution is -0.665. The number of thioether (sulfide) groups is 1. The Balaban J connectivity index is 1.59. The Morgan fingerprint density at radius 3 is 2.55 bits per heavy atom. The van der Waals surface area contributed by atoms with Gasteiger partial charge in [-0.2, -0.15) is 4.57 Å². The van der Waals surface area contributed by atoms with Gasteiger partial charge in [-0.25, -0.2) is 0 Å². The second-order valence-corrected chi connectivity index (χ2v) is 10.7. The summed E-state index contributed by atoms with van der Waals surface area (Å²) >= 11 is 3.82. The van der Waals surface area contributed by atoms with Crippen molar-refractivity contribution in [3.63, 3.8) is 0 Å². The molecule has 0 amide bonds. The number of aryl methyl sites for hydroxylation is 3. The minimum Gasteiger partial charge on any atom is -0.335 e. The summed E-state index contributed by atoms with van der Waals surface area (Å²) in [5.41, 5.74) is 6.78. The Labute approximate surface area is 205 Å². The average molecular weight is 472 g/mol. The molecule has 0 saturated heterocycles. The van der Waals surface area contributed by atoms with E-state index in [1.165, 1.54) is 58.3 Å². The zero-order chi connectivity index (χ0) is 23.1. The van der Waals surface area contributed by atoms with E-state index in [1.807, 2.05) is 23.1 Å². The Kier molecular flexibility index (Phi) is 6.07. The van der Waals surface area contributed by atoms with Crippen LogP contribution in [0.5, 0.6) is 0 Å². The number of nitrogens with zero attached hydrogens (tertiary/aromatic N) is 2. The maximum Gasteiger partial charge on any atom is 0.263 e. The van der Waals surface area contributed by atoms with Gasteiger partial charge in [-0.1, -0.05) is 54.3 Å². The molecule has 0 spiro atoms. The van der Waals surface area contributed by atoms with Crippen molar-refractivity contribution in [2.24, 2.45) is 0 Å². The molecule has 0 unspecified atom stereocenters. The first-order chi connectivity index (χ1) is 16.0. The monoisotopic (exact) mass is 471 g/mol. The molecule has 0 fully saturated rings. The fourth-order valence-corrected chi connectivity index (χ4v) is 7.23. The molecule has 2 heterocycles. The molecule has 0 aliphatic carbocycles. The van der Waals surface area contributed by atoms with Crippen LogP contribution >= 0.6 is 23.1 Å². The predicted octanol–water partition coefficient (Wildman–Crippen LogP) is 8.25. The normalized spacial score (nSPS) is 15.2. The molecule has 1 aliphatic heterocycles. The number of benzene rings is 3. The zero-order valence-corrected chi connectivity index (χ0v) is 21.7. The fourth-order valence-electron chi connectivity index (χ4n) is 4.61. The van der Waals surface area contributed by atoms with Crippen LogP contribution in [0.15, 0.2) is 70.1 Å². The van der Waals surface area contributed by atoms with Crippen molar-refractivity contribution in [2.45, 2.75) is 52.5 Å². The lowest BCUT2D eigenvalue weighted by atomic mass is 10.1. The molecule has 5 rings (SSSR count). The van der Waals surface area contributed by atoms with E-state index in [1.54, 1.807) is 0 Å². The summed E-state index contributed by atoms with van der Waals surface area (Å²) in [4.78, 5) is 3.83. The van der Waals surface area contributed by atoms with Crippen LogP contribution in [0.25, 0.3) is 27.1 Å². The molecule has 33 heavy (non-hydrogen) atoms. The van der Waals surface area contributed by atoms with Crippen LogP contribution in [0.1, 0.15) is 43.3 Å². The smallest absolute Gasteiger partial charge is 0.263 e. The van der Waals surface area contributed by atoms with Crippen LogP contribution in [0.4, 0.5) is 5.69 Å². The van der Waals surface area contributed by atoms with Crippen molar-refractivity contribution >= 4 is 55.9 Å². The molecule has 0 atom stereocenters. The standard InChI is InChI=1S/C29H31N2S2/c1-6-21(17-27-31(8-3)25-15-19(4)20(5)16-26(25)32-27)18-28-30(7-2)24-14-13-22-11-9-10-12-23(22)29(24)33-28/h9-18H,6-8H2,1-5H3/q+1. The summed E-state index contributed by atoms with van der Waals surface area (Å²) in [6, 6.07) is 18.0. The summed E-state index contributed by atoms with van der Waals surface area (Å²) in [5.74, 6) is 0. The molecule has 0 saturated carbocycles. The number of fused-ring (bicyclic) bond motifs is 4. The highest BCUT2D eigenvalue weighted by atomic mass is 32.2. The van der Waals surface area contributed by atoms with Crippen LogP contribution in [0, 0.1) is 13.8 Å². The maximum absolute atomic E-state index is 2.46. The van der Waals surface area contributed by atoms with Crippen LogP contribution in [-0.4, -0.2) is 6.54 Å². The molecule has 3 aromatic carbocycles. The van der Waals surface area contributed by atoms with Crippen molar-refractivity contribution in [3.8, 4) is 0 Å². The number of aromatic nitrogens is 1. The van der Waals surface area contributed by atoms with Crippen molar-refractivity contribution in [1.82, 2.24) is 0 Å².